The number of aryl methyl sites for hydroxylation is 2. The monoisotopic (exact) mass is 457 g/mol. The number of aromatic nitrogens is 3. The summed E-state index contributed by atoms with van der Waals surface area (Å²) in [6, 6.07) is 9.48. The summed E-state index contributed by atoms with van der Waals surface area (Å²) in [5, 5.41) is 9.11. The second-order valence-corrected chi connectivity index (χ2v) is 9.87. The maximum Gasteiger partial charge on any atom is 0.216 e. The first-order chi connectivity index (χ1) is 15.5. The first-order valence-electron chi connectivity index (χ1n) is 11.2. The molecule has 0 bridgehead atoms. The summed E-state index contributed by atoms with van der Waals surface area (Å²) < 4.78 is 35.8. The molecule has 0 radical (unpaired) electrons. The van der Waals surface area contributed by atoms with E-state index in [9.17, 15) is 8.42 Å². The van der Waals surface area contributed by atoms with Crippen LogP contribution in [0.25, 0.3) is 11.0 Å². The van der Waals surface area contributed by atoms with E-state index in [1.165, 1.54) is 0 Å². The zero-order valence-corrected chi connectivity index (χ0v) is 19.5. The van der Waals surface area contributed by atoms with E-state index in [-0.39, 0.29) is 18.3 Å². The Bertz CT molecular complexity index is 1160. The van der Waals surface area contributed by atoms with E-state index in [2.05, 4.69) is 15.1 Å². The highest BCUT2D eigenvalue weighted by Crippen LogP contribution is 2.31. The zero-order chi connectivity index (χ0) is 22.6. The molecule has 1 saturated heterocycles. The minimum Gasteiger partial charge on any atom is -0.381 e. The van der Waals surface area contributed by atoms with Crippen molar-refractivity contribution in [3.05, 3.63) is 53.3 Å². The molecule has 32 heavy (non-hydrogen) atoms. The van der Waals surface area contributed by atoms with E-state index in [0.29, 0.717) is 6.42 Å². The summed E-state index contributed by atoms with van der Waals surface area (Å²) in [4.78, 5) is 4.86. The first-order valence-corrected chi connectivity index (χ1v) is 12.9. The number of nitrogens with one attached hydrogen (secondary N) is 2. The van der Waals surface area contributed by atoms with E-state index < -0.39 is 10.0 Å². The smallest absolute Gasteiger partial charge is 0.216 e. The lowest BCUT2D eigenvalue weighted by Crippen LogP contribution is -2.30. The van der Waals surface area contributed by atoms with Crippen LogP contribution in [0.4, 0.5) is 5.69 Å². The summed E-state index contributed by atoms with van der Waals surface area (Å²) in [5.41, 5.74) is 4.29. The fraction of sp³-hybridized carbons (Fsp3) is 0.478. The van der Waals surface area contributed by atoms with Crippen molar-refractivity contribution in [1.82, 2.24) is 19.5 Å². The molecule has 0 unspecified atom stereocenters. The second-order valence-electron chi connectivity index (χ2n) is 8.06. The van der Waals surface area contributed by atoms with Gasteiger partial charge in [-0.15, -0.1) is 0 Å². The Morgan fingerprint density at radius 3 is 2.59 bits per heavy atom. The van der Waals surface area contributed by atoms with Crippen LogP contribution in [-0.4, -0.2) is 42.4 Å². The number of pyridine rings is 1. The van der Waals surface area contributed by atoms with Crippen LogP contribution in [0.1, 0.15) is 43.5 Å². The number of fused-ring (bicyclic) bond motifs is 1. The fourth-order valence-electron chi connectivity index (χ4n) is 4.13. The van der Waals surface area contributed by atoms with Crippen LogP contribution in [0.5, 0.6) is 0 Å². The summed E-state index contributed by atoms with van der Waals surface area (Å²) >= 11 is 0. The number of hydrogen-bond acceptors (Lipinski definition) is 6. The largest absolute Gasteiger partial charge is 0.381 e. The minimum absolute atomic E-state index is 0.0541. The van der Waals surface area contributed by atoms with Crippen molar-refractivity contribution in [1.29, 1.82) is 0 Å². The zero-order valence-electron chi connectivity index (χ0n) is 18.7. The highest BCUT2D eigenvalue weighted by Gasteiger charge is 2.23. The SMILES string of the molecule is CCc1nc2c(cnn2CC)c(NC2CCOCC2)c1CNS(=O)(=O)Cc1ccccc1. The molecule has 1 aliphatic rings. The molecule has 0 aliphatic carbocycles. The van der Waals surface area contributed by atoms with E-state index >= 15 is 0 Å². The molecule has 0 atom stereocenters. The van der Waals surface area contributed by atoms with Crippen LogP contribution < -0.4 is 10.0 Å². The van der Waals surface area contributed by atoms with Crippen molar-refractivity contribution in [3.63, 3.8) is 0 Å². The molecule has 2 aromatic heterocycles. The van der Waals surface area contributed by atoms with E-state index in [1.54, 1.807) is 0 Å². The third kappa shape index (κ3) is 5.11. The van der Waals surface area contributed by atoms with Gasteiger partial charge in [0.25, 0.3) is 0 Å². The molecule has 0 amide bonds. The normalized spacial score (nSPS) is 15.3. The second kappa shape index (κ2) is 9.97. The predicted molar refractivity (Wildman–Crippen MR) is 126 cm³/mol. The molecule has 0 saturated carbocycles. The standard InChI is InChI=1S/C23H31N5O3S/c1-3-21-19(15-25-32(29,30)16-17-8-6-5-7-9-17)22(26-18-10-12-31-13-11-18)20-14-24-28(4-2)23(20)27-21/h5-9,14,18,25H,3-4,10-13,15-16H2,1-2H3,(H,26,27). The summed E-state index contributed by atoms with van der Waals surface area (Å²) in [6.07, 6.45) is 4.34. The quantitative estimate of drug-likeness (QED) is 0.512. The molecule has 2 N–H and O–H groups in total. The van der Waals surface area contributed by atoms with E-state index in [1.807, 2.05) is 55.1 Å². The lowest BCUT2D eigenvalue weighted by atomic mass is 10.0. The number of rotatable bonds is 9. The number of anilines is 1. The third-order valence-corrected chi connectivity index (χ3v) is 7.14. The van der Waals surface area contributed by atoms with Gasteiger partial charge in [-0.25, -0.2) is 22.8 Å². The number of sulfonamides is 1. The van der Waals surface area contributed by atoms with Gasteiger partial charge in [-0.2, -0.15) is 5.10 Å². The van der Waals surface area contributed by atoms with Crippen molar-refractivity contribution in [2.45, 2.75) is 58.0 Å². The van der Waals surface area contributed by atoms with Crippen molar-refractivity contribution in [3.8, 4) is 0 Å². The maximum absolute atomic E-state index is 12.8. The molecule has 0 spiro atoms. The van der Waals surface area contributed by atoms with E-state index in [0.717, 1.165) is 66.1 Å². The van der Waals surface area contributed by atoms with Crippen LogP contribution in [0, 0.1) is 0 Å². The van der Waals surface area contributed by atoms with Crippen LogP contribution in [0.3, 0.4) is 0 Å². The average molecular weight is 458 g/mol. The molecule has 4 rings (SSSR count). The summed E-state index contributed by atoms with van der Waals surface area (Å²) in [7, 11) is -3.51. The highest BCUT2D eigenvalue weighted by molar-refractivity contribution is 7.88. The predicted octanol–water partition coefficient (Wildman–Crippen LogP) is 3.22. The van der Waals surface area contributed by atoms with Gasteiger partial charge in [-0.3, -0.25) is 0 Å². The summed E-state index contributed by atoms with van der Waals surface area (Å²) in [5.74, 6) is -0.0541. The molecule has 3 aromatic rings. The van der Waals surface area contributed by atoms with Crippen LogP contribution in [0.15, 0.2) is 36.5 Å². The van der Waals surface area contributed by atoms with Crippen molar-refractivity contribution in [2.24, 2.45) is 0 Å². The molecule has 1 fully saturated rings. The van der Waals surface area contributed by atoms with Gasteiger partial charge in [0.05, 0.1) is 23.0 Å². The number of hydrogen-bond donors (Lipinski definition) is 2. The van der Waals surface area contributed by atoms with Gasteiger partial charge in [0, 0.05) is 43.6 Å². The minimum atomic E-state index is -3.51. The Balaban J connectivity index is 1.67. The van der Waals surface area contributed by atoms with Gasteiger partial charge in [0.15, 0.2) is 5.65 Å². The average Bonchev–Trinajstić information content (AvgIpc) is 3.22. The van der Waals surface area contributed by atoms with Crippen LogP contribution in [0.2, 0.25) is 0 Å². The van der Waals surface area contributed by atoms with Crippen LogP contribution >= 0.6 is 0 Å². The Hall–Kier alpha value is -2.49. The van der Waals surface area contributed by atoms with Crippen LogP contribution in [-0.2, 0) is 40.0 Å². The van der Waals surface area contributed by atoms with Gasteiger partial charge in [0.2, 0.25) is 10.0 Å². The lowest BCUT2D eigenvalue weighted by molar-refractivity contribution is 0.0904. The van der Waals surface area contributed by atoms with Gasteiger partial charge in [-0.05, 0) is 31.7 Å². The number of ether oxygens (including phenoxy) is 1. The molecular formula is C23H31N5O3S. The lowest BCUT2D eigenvalue weighted by Gasteiger charge is -2.26. The molecule has 9 heteroatoms. The van der Waals surface area contributed by atoms with Crippen molar-refractivity contribution in [2.75, 3.05) is 18.5 Å². The Kier molecular flexibility index (Phi) is 7.07. The molecule has 8 nitrogen and oxygen atoms in total. The molecule has 1 aromatic carbocycles. The van der Waals surface area contributed by atoms with Gasteiger partial charge >= 0.3 is 0 Å². The van der Waals surface area contributed by atoms with Crippen molar-refractivity contribution >= 4 is 26.7 Å². The summed E-state index contributed by atoms with van der Waals surface area (Å²) in [6.45, 7) is 6.43. The molecule has 172 valence electrons. The van der Waals surface area contributed by atoms with E-state index in [4.69, 9.17) is 9.72 Å². The third-order valence-electron chi connectivity index (χ3n) is 5.84. The number of benzene rings is 1. The Morgan fingerprint density at radius 2 is 1.91 bits per heavy atom. The molecule has 1 aliphatic heterocycles. The van der Waals surface area contributed by atoms with Gasteiger partial charge in [0.1, 0.15) is 0 Å². The van der Waals surface area contributed by atoms with Gasteiger partial charge in [-0.1, -0.05) is 37.3 Å². The fourth-order valence-corrected chi connectivity index (χ4v) is 5.22. The Labute approximate surface area is 189 Å². The highest BCUT2D eigenvalue weighted by atomic mass is 32.2. The van der Waals surface area contributed by atoms with Crippen molar-refractivity contribution < 1.29 is 13.2 Å². The topological polar surface area (TPSA) is 98.1 Å². The molecular weight excluding hydrogens is 426 g/mol. The first kappa shape index (κ1) is 22.7. The molecule has 3 heterocycles. The maximum atomic E-state index is 12.8. The number of nitrogens with zero attached hydrogens (tertiary/aromatic N) is 3. The Morgan fingerprint density at radius 1 is 1.16 bits per heavy atom. The van der Waals surface area contributed by atoms with Gasteiger partial charge < -0.3 is 10.1 Å².